The molecular formula is C21H22BrN5O2. The number of anilines is 1. The molecule has 2 fully saturated rings. The van der Waals surface area contributed by atoms with Crippen LogP contribution >= 0.6 is 15.9 Å². The number of nitrogens with zero attached hydrogens (tertiary/aromatic N) is 3. The van der Waals surface area contributed by atoms with Gasteiger partial charge in [-0.15, -0.1) is 0 Å². The summed E-state index contributed by atoms with van der Waals surface area (Å²) < 4.78 is 2.64. The van der Waals surface area contributed by atoms with Crippen LogP contribution in [0, 0.1) is 29.1 Å². The highest BCUT2D eigenvalue weighted by atomic mass is 79.9. The number of hydrogen-bond acceptors (Lipinski definition) is 4. The number of rotatable bonds is 6. The Labute approximate surface area is 177 Å². The molecule has 1 heterocycles. The van der Waals surface area contributed by atoms with Gasteiger partial charge in [-0.05, 0) is 54.4 Å². The van der Waals surface area contributed by atoms with Gasteiger partial charge in [-0.3, -0.25) is 14.3 Å². The smallest absolute Gasteiger partial charge is 0.228 e. The summed E-state index contributed by atoms with van der Waals surface area (Å²) in [5.74, 6) is -0.453. The van der Waals surface area contributed by atoms with E-state index in [0.29, 0.717) is 13.1 Å². The van der Waals surface area contributed by atoms with Crippen molar-refractivity contribution in [2.24, 2.45) is 29.1 Å². The molecule has 0 saturated heterocycles. The maximum Gasteiger partial charge on any atom is 0.228 e. The third-order valence-electron chi connectivity index (χ3n) is 6.67. The van der Waals surface area contributed by atoms with Crippen molar-refractivity contribution in [3.8, 4) is 0 Å². The number of halogens is 1. The molecule has 3 aliphatic rings. The molecule has 2 saturated carbocycles. The van der Waals surface area contributed by atoms with Gasteiger partial charge in [0, 0.05) is 16.7 Å². The summed E-state index contributed by atoms with van der Waals surface area (Å²) in [7, 11) is 0. The Balaban J connectivity index is 1.31. The van der Waals surface area contributed by atoms with E-state index in [1.54, 1.807) is 11.0 Å². The first-order chi connectivity index (χ1) is 14.1. The first kappa shape index (κ1) is 18.5. The van der Waals surface area contributed by atoms with Gasteiger partial charge in [0.2, 0.25) is 11.8 Å². The Kier molecular flexibility index (Phi) is 4.53. The van der Waals surface area contributed by atoms with Crippen LogP contribution in [0.3, 0.4) is 0 Å². The predicted octanol–water partition coefficient (Wildman–Crippen LogP) is 2.62. The van der Waals surface area contributed by atoms with Crippen molar-refractivity contribution in [2.45, 2.75) is 19.4 Å². The predicted molar refractivity (Wildman–Crippen MR) is 111 cm³/mol. The highest BCUT2D eigenvalue weighted by molar-refractivity contribution is 9.10. The third-order valence-corrected chi connectivity index (χ3v) is 7.19. The topological polar surface area (TPSA) is 88.9 Å². The van der Waals surface area contributed by atoms with Gasteiger partial charge in [-0.2, -0.15) is 5.10 Å². The second-order valence-corrected chi connectivity index (χ2v) is 9.08. The van der Waals surface area contributed by atoms with E-state index >= 15 is 0 Å². The number of aromatic nitrogens is 3. The van der Waals surface area contributed by atoms with E-state index in [1.807, 2.05) is 24.3 Å². The van der Waals surface area contributed by atoms with E-state index in [9.17, 15) is 9.59 Å². The van der Waals surface area contributed by atoms with Crippen molar-refractivity contribution in [1.82, 2.24) is 20.1 Å². The van der Waals surface area contributed by atoms with Gasteiger partial charge in [0.05, 0.1) is 18.4 Å². The number of allylic oxidation sites excluding steroid dienone is 2. The Morgan fingerprint density at radius 2 is 1.79 bits per heavy atom. The lowest BCUT2D eigenvalue weighted by Gasteiger charge is -2.26. The van der Waals surface area contributed by atoms with Gasteiger partial charge in [-0.25, -0.2) is 4.98 Å². The molecule has 8 heteroatoms. The van der Waals surface area contributed by atoms with Crippen LogP contribution in [0.5, 0.6) is 0 Å². The summed E-state index contributed by atoms with van der Waals surface area (Å²) in [6.07, 6.45) is 9.63. The Morgan fingerprint density at radius 1 is 1.10 bits per heavy atom. The van der Waals surface area contributed by atoms with Crippen molar-refractivity contribution in [2.75, 3.05) is 11.9 Å². The molecule has 0 radical (unpaired) electrons. The van der Waals surface area contributed by atoms with Crippen LogP contribution in [0.4, 0.5) is 5.69 Å². The fourth-order valence-corrected chi connectivity index (χ4v) is 5.49. The molecule has 150 valence electrons. The van der Waals surface area contributed by atoms with Gasteiger partial charge in [0.1, 0.15) is 12.7 Å². The number of carbonyl (C=O) groups excluding carboxylic acids is 2. The maximum absolute atomic E-state index is 13.2. The summed E-state index contributed by atoms with van der Waals surface area (Å²) >= 11 is 3.41. The van der Waals surface area contributed by atoms with Crippen LogP contribution in [0.1, 0.15) is 12.8 Å². The number of carbonyl (C=O) groups is 2. The molecule has 3 aliphatic carbocycles. The van der Waals surface area contributed by atoms with Crippen molar-refractivity contribution in [1.29, 1.82) is 0 Å². The van der Waals surface area contributed by atoms with Crippen LogP contribution in [0.25, 0.3) is 0 Å². The molecule has 1 aromatic carbocycles. The van der Waals surface area contributed by atoms with E-state index < -0.39 is 0 Å². The first-order valence-corrected chi connectivity index (χ1v) is 10.7. The summed E-state index contributed by atoms with van der Waals surface area (Å²) in [4.78, 5) is 30.2. The summed E-state index contributed by atoms with van der Waals surface area (Å²) in [5, 5.41) is 10.1. The first-order valence-electron chi connectivity index (χ1n) is 9.93. The minimum Gasteiger partial charge on any atom is -0.354 e. The second kappa shape index (κ2) is 7.09. The van der Waals surface area contributed by atoms with Gasteiger partial charge in [0.25, 0.3) is 0 Å². The van der Waals surface area contributed by atoms with Crippen molar-refractivity contribution >= 4 is 33.4 Å². The number of benzene rings is 1. The van der Waals surface area contributed by atoms with Crippen molar-refractivity contribution < 1.29 is 9.59 Å². The molecule has 1 aromatic heterocycles. The van der Waals surface area contributed by atoms with Crippen molar-refractivity contribution in [3.63, 3.8) is 0 Å². The molecule has 5 rings (SSSR count). The van der Waals surface area contributed by atoms with E-state index in [0.717, 1.165) is 23.0 Å². The average Bonchev–Trinajstić information content (AvgIpc) is 3.07. The maximum atomic E-state index is 13.2. The van der Waals surface area contributed by atoms with Gasteiger partial charge in [0.15, 0.2) is 0 Å². The molecular weight excluding hydrogens is 434 g/mol. The van der Waals surface area contributed by atoms with Gasteiger partial charge in [-0.1, -0.05) is 28.1 Å². The fourth-order valence-electron chi connectivity index (χ4n) is 5.23. The number of nitrogens with one attached hydrogen (secondary N) is 2. The Morgan fingerprint density at radius 3 is 2.41 bits per heavy atom. The zero-order chi connectivity index (χ0) is 20.0. The van der Waals surface area contributed by atoms with Crippen LogP contribution in [0.15, 0.2) is 53.5 Å². The highest BCUT2D eigenvalue weighted by Crippen LogP contribution is 2.72. The van der Waals surface area contributed by atoms with Crippen LogP contribution in [-0.2, 0) is 16.1 Å². The van der Waals surface area contributed by atoms with E-state index in [4.69, 9.17) is 0 Å². The monoisotopic (exact) mass is 455 g/mol. The molecule has 2 aromatic rings. The van der Waals surface area contributed by atoms with Gasteiger partial charge < -0.3 is 10.6 Å². The van der Waals surface area contributed by atoms with Gasteiger partial charge >= 0.3 is 0 Å². The molecule has 2 N–H and O–H groups in total. The average molecular weight is 456 g/mol. The lowest BCUT2D eigenvalue weighted by molar-refractivity contribution is -0.132. The minimum atomic E-state index is -0.331. The zero-order valence-electron chi connectivity index (χ0n) is 15.8. The van der Waals surface area contributed by atoms with Crippen LogP contribution in [-0.4, -0.2) is 33.1 Å². The second-order valence-electron chi connectivity index (χ2n) is 8.17. The number of hydrogen-bond donors (Lipinski definition) is 2. The number of amides is 2. The zero-order valence-corrected chi connectivity index (χ0v) is 17.4. The van der Waals surface area contributed by atoms with E-state index in [2.05, 4.69) is 48.8 Å². The normalized spacial score (nSPS) is 27.9. The summed E-state index contributed by atoms with van der Waals surface area (Å²) in [6.45, 7) is 1.02. The van der Waals surface area contributed by atoms with E-state index in [1.165, 1.54) is 6.33 Å². The molecule has 29 heavy (non-hydrogen) atoms. The standard InChI is InChI=1S/C21H22BrN5O2/c22-13-1-3-14(4-2-13)26-20(29)18-16-6-5-15(21(16)7-8-21)17(18)19(28)24-9-10-27-12-23-11-25-27/h1-6,11-12,15-18H,7-10H2,(H,24,28)(H,26,29)/t15-,16+,17-,18-/m1/s1. The van der Waals surface area contributed by atoms with E-state index in [-0.39, 0.29) is 40.9 Å². The molecule has 0 aliphatic heterocycles. The molecule has 2 bridgehead atoms. The Bertz CT molecular complexity index is 952. The largest absolute Gasteiger partial charge is 0.354 e. The van der Waals surface area contributed by atoms with Crippen LogP contribution in [0.2, 0.25) is 0 Å². The molecule has 4 atom stereocenters. The summed E-state index contributed by atoms with van der Waals surface area (Å²) in [6, 6.07) is 7.52. The SMILES string of the molecule is O=C(NCCn1cncn1)[C@H]1[C@H](C(=O)Nc2ccc(Br)cc2)[C@@H]2C=C[C@H]1C21CC1. The third kappa shape index (κ3) is 3.19. The fraction of sp³-hybridized carbons (Fsp3) is 0.429. The lowest BCUT2D eigenvalue weighted by Crippen LogP contribution is -2.42. The summed E-state index contributed by atoms with van der Waals surface area (Å²) in [5.41, 5.74) is 0.871. The highest BCUT2D eigenvalue weighted by Gasteiger charge is 2.69. The minimum absolute atomic E-state index is 0.0378. The lowest BCUT2D eigenvalue weighted by atomic mass is 9.81. The van der Waals surface area contributed by atoms with Crippen molar-refractivity contribution in [3.05, 3.63) is 53.5 Å². The molecule has 1 spiro atoms. The quantitative estimate of drug-likeness (QED) is 0.655. The Hall–Kier alpha value is -2.48. The molecule has 0 unspecified atom stereocenters. The van der Waals surface area contributed by atoms with Crippen LogP contribution < -0.4 is 10.6 Å². The molecule has 2 amide bonds. The molecule has 7 nitrogen and oxygen atoms in total.